The van der Waals surface area contributed by atoms with Gasteiger partial charge in [-0.3, -0.25) is 5.84 Å². The zero-order valence-electron chi connectivity index (χ0n) is 9.02. The molecule has 0 radical (unpaired) electrons. The molecule has 0 aromatic heterocycles. The molecule has 0 fully saturated rings. The summed E-state index contributed by atoms with van der Waals surface area (Å²) in [5.74, 6) is 2.33. The first-order valence-electron chi connectivity index (χ1n) is 4.71. The molecule has 1 aromatic carbocycles. The molecule has 1 atom stereocenters. The van der Waals surface area contributed by atoms with Crippen molar-refractivity contribution < 1.29 is 13.2 Å². The van der Waals surface area contributed by atoms with E-state index in [-0.39, 0.29) is 5.56 Å². The van der Waals surface area contributed by atoms with Gasteiger partial charge in [0, 0.05) is 17.7 Å². The van der Waals surface area contributed by atoms with Crippen LogP contribution in [0, 0.1) is 17.5 Å². The molecule has 88 valence electrons. The molecule has 1 rings (SSSR count). The number of halogens is 3. The first-order valence-corrected chi connectivity index (χ1v) is 4.71. The first kappa shape index (κ1) is 12.7. The Balaban J connectivity index is 3.25. The lowest BCUT2D eigenvalue weighted by molar-refractivity contribution is 0.496. The highest BCUT2D eigenvalue weighted by Gasteiger charge is 2.18. The second kappa shape index (κ2) is 5.14. The van der Waals surface area contributed by atoms with E-state index in [1.165, 1.54) is 0 Å². The minimum Gasteiger partial charge on any atom is -0.271 e. The van der Waals surface area contributed by atoms with Gasteiger partial charge in [0.1, 0.15) is 17.5 Å². The molecule has 16 heavy (non-hydrogen) atoms. The van der Waals surface area contributed by atoms with Crippen molar-refractivity contribution in [2.45, 2.75) is 19.9 Å². The van der Waals surface area contributed by atoms with Crippen LogP contribution in [0.15, 0.2) is 23.8 Å². The summed E-state index contributed by atoms with van der Waals surface area (Å²) >= 11 is 0. The minimum atomic E-state index is -0.960. The van der Waals surface area contributed by atoms with Crippen molar-refractivity contribution >= 4 is 0 Å². The lowest BCUT2D eigenvalue weighted by atomic mass is 10.0. The van der Waals surface area contributed by atoms with Crippen LogP contribution in [0.1, 0.15) is 25.5 Å². The van der Waals surface area contributed by atoms with E-state index >= 15 is 0 Å². The average molecular weight is 230 g/mol. The van der Waals surface area contributed by atoms with Crippen LogP contribution in [-0.2, 0) is 0 Å². The summed E-state index contributed by atoms with van der Waals surface area (Å²) < 4.78 is 39.5. The van der Waals surface area contributed by atoms with Crippen molar-refractivity contribution in [1.82, 2.24) is 5.43 Å². The van der Waals surface area contributed by atoms with Gasteiger partial charge in [-0.2, -0.15) is 0 Å². The van der Waals surface area contributed by atoms with Crippen molar-refractivity contribution in [3.8, 4) is 0 Å². The molecule has 1 unspecified atom stereocenters. The highest BCUT2D eigenvalue weighted by atomic mass is 19.1. The summed E-state index contributed by atoms with van der Waals surface area (Å²) in [4.78, 5) is 0. The zero-order chi connectivity index (χ0) is 12.3. The predicted octanol–water partition coefficient (Wildman–Crippen LogP) is 2.57. The zero-order valence-corrected chi connectivity index (χ0v) is 9.02. The lowest BCUT2D eigenvalue weighted by Crippen LogP contribution is -2.28. The minimum absolute atomic E-state index is 0.287. The topological polar surface area (TPSA) is 38.0 Å². The molecule has 0 aliphatic rings. The first-order chi connectivity index (χ1) is 7.45. The number of benzene rings is 1. The Bertz CT molecular complexity index is 389. The summed E-state index contributed by atoms with van der Waals surface area (Å²) in [5, 5.41) is 0. The van der Waals surface area contributed by atoms with Crippen LogP contribution >= 0.6 is 0 Å². The fourth-order valence-corrected chi connectivity index (χ4v) is 1.40. The smallest absolute Gasteiger partial charge is 0.134 e. The Morgan fingerprint density at radius 2 is 1.75 bits per heavy atom. The van der Waals surface area contributed by atoms with E-state index in [2.05, 4.69) is 5.43 Å². The normalized spacial score (nSPS) is 12.4. The van der Waals surface area contributed by atoms with E-state index in [0.29, 0.717) is 12.1 Å². The van der Waals surface area contributed by atoms with Gasteiger partial charge in [-0.15, -0.1) is 0 Å². The van der Waals surface area contributed by atoms with E-state index in [0.717, 1.165) is 5.57 Å². The van der Waals surface area contributed by atoms with Crippen molar-refractivity contribution in [3.05, 3.63) is 46.8 Å². The van der Waals surface area contributed by atoms with E-state index in [4.69, 9.17) is 5.84 Å². The third-order valence-corrected chi connectivity index (χ3v) is 2.03. The van der Waals surface area contributed by atoms with Crippen molar-refractivity contribution in [1.29, 1.82) is 0 Å². The van der Waals surface area contributed by atoms with Gasteiger partial charge in [0.2, 0.25) is 0 Å². The fraction of sp³-hybridized carbons (Fsp3) is 0.273. The average Bonchev–Trinajstić information content (AvgIpc) is 2.13. The summed E-state index contributed by atoms with van der Waals surface area (Å²) in [6, 6.07) is 0.439. The van der Waals surface area contributed by atoms with Gasteiger partial charge in [-0.1, -0.05) is 11.6 Å². The molecule has 0 saturated heterocycles. The Labute approximate surface area is 91.9 Å². The monoisotopic (exact) mass is 230 g/mol. The maximum absolute atomic E-state index is 13.4. The fourth-order valence-electron chi connectivity index (χ4n) is 1.40. The predicted molar refractivity (Wildman–Crippen MR) is 55.8 cm³/mol. The SMILES string of the molecule is CC(C)=CC(NN)c1c(F)cc(F)cc1F. The number of allylic oxidation sites excluding steroid dienone is 1. The third kappa shape index (κ3) is 2.84. The van der Waals surface area contributed by atoms with Gasteiger partial charge >= 0.3 is 0 Å². The molecular formula is C11H13F3N2. The number of rotatable bonds is 3. The number of nitrogens with two attached hydrogens (primary N) is 1. The van der Waals surface area contributed by atoms with E-state index in [9.17, 15) is 13.2 Å². The lowest BCUT2D eigenvalue weighted by Gasteiger charge is -2.14. The Hall–Kier alpha value is -1.33. The molecule has 0 amide bonds. The summed E-state index contributed by atoms with van der Waals surface area (Å²) in [6.07, 6.45) is 1.55. The van der Waals surface area contributed by atoms with Crippen molar-refractivity contribution in [3.63, 3.8) is 0 Å². The van der Waals surface area contributed by atoms with Crippen LogP contribution in [0.3, 0.4) is 0 Å². The van der Waals surface area contributed by atoms with Gasteiger partial charge in [-0.05, 0) is 13.8 Å². The van der Waals surface area contributed by atoms with E-state index in [1.807, 2.05) is 0 Å². The van der Waals surface area contributed by atoms with Gasteiger partial charge in [0.25, 0.3) is 0 Å². The van der Waals surface area contributed by atoms with Crippen LogP contribution < -0.4 is 11.3 Å². The second-order valence-electron chi connectivity index (χ2n) is 3.67. The van der Waals surface area contributed by atoms with Crippen molar-refractivity contribution in [2.75, 3.05) is 0 Å². The quantitative estimate of drug-likeness (QED) is 0.476. The standard InChI is InChI=1S/C11H13F3N2/c1-6(2)3-10(16-15)11-8(13)4-7(12)5-9(11)14/h3-5,10,16H,15H2,1-2H3. The molecule has 5 heteroatoms. The Morgan fingerprint density at radius 3 is 2.12 bits per heavy atom. The molecule has 0 aliphatic heterocycles. The summed E-state index contributed by atoms with van der Waals surface area (Å²) in [7, 11) is 0. The largest absolute Gasteiger partial charge is 0.271 e. The summed E-state index contributed by atoms with van der Waals surface area (Å²) in [6.45, 7) is 3.54. The van der Waals surface area contributed by atoms with E-state index in [1.54, 1.807) is 19.9 Å². The van der Waals surface area contributed by atoms with Crippen molar-refractivity contribution in [2.24, 2.45) is 5.84 Å². The van der Waals surface area contributed by atoms with Gasteiger partial charge in [0.15, 0.2) is 0 Å². The number of hydrazine groups is 1. The number of hydrogen-bond donors (Lipinski definition) is 2. The number of nitrogens with one attached hydrogen (secondary N) is 1. The molecular weight excluding hydrogens is 217 g/mol. The van der Waals surface area contributed by atoms with Crippen LogP contribution in [-0.4, -0.2) is 0 Å². The van der Waals surface area contributed by atoms with Gasteiger partial charge in [0.05, 0.1) is 6.04 Å². The molecule has 0 spiro atoms. The second-order valence-corrected chi connectivity index (χ2v) is 3.67. The van der Waals surface area contributed by atoms with Gasteiger partial charge < -0.3 is 0 Å². The molecule has 0 saturated carbocycles. The number of hydrogen-bond acceptors (Lipinski definition) is 2. The summed E-state index contributed by atoms with van der Waals surface area (Å²) in [5.41, 5.74) is 2.82. The van der Waals surface area contributed by atoms with Crippen LogP contribution in [0.25, 0.3) is 0 Å². The van der Waals surface area contributed by atoms with Crippen LogP contribution in [0.4, 0.5) is 13.2 Å². The molecule has 0 heterocycles. The third-order valence-electron chi connectivity index (χ3n) is 2.03. The van der Waals surface area contributed by atoms with Crippen LogP contribution in [0.2, 0.25) is 0 Å². The molecule has 3 N–H and O–H groups in total. The maximum Gasteiger partial charge on any atom is 0.134 e. The van der Waals surface area contributed by atoms with Crippen LogP contribution in [0.5, 0.6) is 0 Å². The van der Waals surface area contributed by atoms with Gasteiger partial charge in [-0.25, -0.2) is 18.6 Å². The maximum atomic E-state index is 13.4. The van der Waals surface area contributed by atoms with E-state index < -0.39 is 23.5 Å². The highest BCUT2D eigenvalue weighted by molar-refractivity contribution is 5.28. The Kier molecular flexibility index (Phi) is 4.09. The molecule has 0 aliphatic carbocycles. The molecule has 1 aromatic rings. The highest BCUT2D eigenvalue weighted by Crippen LogP contribution is 2.23. The molecule has 0 bridgehead atoms. The Morgan fingerprint density at radius 1 is 1.25 bits per heavy atom. The molecule has 2 nitrogen and oxygen atoms in total.